The second-order valence-electron chi connectivity index (χ2n) is 3.20. The standard InChI is InChI=1S/C11H16N2O3/c1-4-16-11(14)8-13(2)9-6-5-7-10(12-9)15-3/h5-7H,4,8H2,1-3H3. The van der Waals surface area contributed by atoms with Crippen LogP contribution in [0, 0.1) is 0 Å². The van der Waals surface area contributed by atoms with Crippen LogP contribution in [0.4, 0.5) is 5.82 Å². The molecule has 0 saturated carbocycles. The second kappa shape index (κ2) is 5.95. The number of carbonyl (C=O) groups is 1. The van der Waals surface area contributed by atoms with Crippen molar-refractivity contribution in [1.82, 2.24) is 4.98 Å². The molecule has 5 heteroatoms. The van der Waals surface area contributed by atoms with Gasteiger partial charge in [0.15, 0.2) is 0 Å². The molecule has 0 aliphatic rings. The molecular weight excluding hydrogens is 208 g/mol. The fourth-order valence-electron chi connectivity index (χ4n) is 1.21. The van der Waals surface area contributed by atoms with Gasteiger partial charge >= 0.3 is 5.97 Å². The highest BCUT2D eigenvalue weighted by Crippen LogP contribution is 2.13. The first-order chi connectivity index (χ1) is 7.67. The molecule has 5 nitrogen and oxygen atoms in total. The normalized spacial score (nSPS) is 9.69. The predicted octanol–water partition coefficient (Wildman–Crippen LogP) is 1.09. The monoisotopic (exact) mass is 224 g/mol. The van der Waals surface area contributed by atoms with Crippen LogP contribution < -0.4 is 9.64 Å². The van der Waals surface area contributed by atoms with Gasteiger partial charge in [0.25, 0.3) is 0 Å². The summed E-state index contributed by atoms with van der Waals surface area (Å²) < 4.78 is 9.85. The van der Waals surface area contributed by atoms with Gasteiger partial charge in [0, 0.05) is 13.1 Å². The van der Waals surface area contributed by atoms with Crippen LogP contribution in [0.25, 0.3) is 0 Å². The van der Waals surface area contributed by atoms with Crippen molar-refractivity contribution in [2.75, 3.05) is 32.2 Å². The number of carbonyl (C=O) groups excluding carboxylic acids is 1. The van der Waals surface area contributed by atoms with Crippen molar-refractivity contribution < 1.29 is 14.3 Å². The van der Waals surface area contributed by atoms with Gasteiger partial charge in [-0.1, -0.05) is 6.07 Å². The van der Waals surface area contributed by atoms with Crippen molar-refractivity contribution >= 4 is 11.8 Å². The first-order valence-electron chi connectivity index (χ1n) is 5.05. The minimum absolute atomic E-state index is 0.175. The number of rotatable bonds is 5. The molecule has 1 heterocycles. The Morgan fingerprint density at radius 3 is 2.88 bits per heavy atom. The summed E-state index contributed by atoms with van der Waals surface area (Å²) in [6.07, 6.45) is 0. The van der Waals surface area contributed by atoms with E-state index < -0.39 is 0 Å². The average molecular weight is 224 g/mol. The zero-order valence-corrected chi connectivity index (χ0v) is 9.77. The molecule has 1 aromatic heterocycles. The highest BCUT2D eigenvalue weighted by atomic mass is 16.5. The fourth-order valence-corrected chi connectivity index (χ4v) is 1.21. The minimum atomic E-state index is -0.269. The van der Waals surface area contributed by atoms with Gasteiger partial charge in [-0.3, -0.25) is 4.79 Å². The molecule has 0 saturated heterocycles. The molecule has 0 atom stereocenters. The molecule has 1 aromatic rings. The zero-order chi connectivity index (χ0) is 12.0. The van der Waals surface area contributed by atoms with Crippen molar-refractivity contribution in [1.29, 1.82) is 0 Å². The molecule has 0 unspecified atom stereocenters. The van der Waals surface area contributed by atoms with E-state index in [1.807, 2.05) is 12.1 Å². The third kappa shape index (κ3) is 3.42. The van der Waals surface area contributed by atoms with E-state index in [9.17, 15) is 4.79 Å². The van der Waals surface area contributed by atoms with Crippen molar-refractivity contribution in [3.8, 4) is 5.88 Å². The average Bonchev–Trinajstić information content (AvgIpc) is 2.29. The van der Waals surface area contributed by atoms with Gasteiger partial charge in [-0.15, -0.1) is 0 Å². The largest absolute Gasteiger partial charge is 0.481 e. The number of likely N-dealkylation sites (N-methyl/N-ethyl adjacent to an activating group) is 1. The highest BCUT2D eigenvalue weighted by molar-refractivity contribution is 5.75. The van der Waals surface area contributed by atoms with Crippen LogP contribution in [-0.2, 0) is 9.53 Å². The first kappa shape index (κ1) is 12.3. The molecule has 0 N–H and O–H groups in total. The van der Waals surface area contributed by atoms with Gasteiger partial charge in [0.2, 0.25) is 5.88 Å². The molecule has 16 heavy (non-hydrogen) atoms. The molecule has 88 valence electrons. The van der Waals surface area contributed by atoms with Gasteiger partial charge in [0.1, 0.15) is 12.4 Å². The number of aromatic nitrogens is 1. The summed E-state index contributed by atoms with van der Waals surface area (Å²) in [6.45, 7) is 2.34. The Hall–Kier alpha value is -1.78. The SMILES string of the molecule is CCOC(=O)CN(C)c1cccc(OC)n1. The van der Waals surface area contributed by atoms with Crippen LogP contribution in [0.1, 0.15) is 6.92 Å². The van der Waals surface area contributed by atoms with Crippen LogP contribution in [0.3, 0.4) is 0 Å². The fraction of sp³-hybridized carbons (Fsp3) is 0.455. The van der Waals surface area contributed by atoms with Gasteiger partial charge in [-0.25, -0.2) is 0 Å². The van der Waals surface area contributed by atoms with Crippen molar-refractivity contribution in [3.05, 3.63) is 18.2 Å². The molecule has 0 spiro atoms. The maximum Gasteiger partial charge on any atom is 0.325 e. The lowest BCUT2D eigenvalue weighted by Crippen LogP contribution is -2.27. The number of methoxy groups -OCH3 is 1. The van der Waals surface area contributed by atoms with Crippen LogP contribution in [0.5, 0.6) is 5.88 Å². The van der Waals surface area contributed by atoms with Crippen LogP contribution >= 0.6 is 0 Å². The Kier molecular flexibility index (Phi) is 4.57. The number of hydrogen-bond donors (Lipinski definition) is 0. The molecule has 0 radical (unpaired) electrons. The molecule has 0 aliphatic heterocycles. The summed E-state index contributed by atoms with van der Waals surface area (Å²) >= 11 is 0. The Morgan fingerprint density at radius 1 is 1.50 bits per heavy atom. The lowest BCUT2D eigenvalue weighted by Gasteiger charge is -2.17. The number of pyridine rings is 1. The van der Waals surface area contributed by atoms with E-state index in [0.29, 0.717) is 18.3 Å². The number of anilines is 1. The number of nitrogens with zero attached hydrogens (tertiary/aromatic N) is 2. The smallest absolute Gasteiger partial charge is 0.325 e. The Bertz CT molecular complexity index is 355. The lowest BCUT2D eigenvalue weighted by molar-refractivity contribution is -0.141. The minimum Gasteiger partial charge on any atom is -0.481 e. The maximum atomic E-state index is 11.3. The van der Waals surface area contributed by atoms with Gasteiger partial charge in [0.05, 0.1) is 13.7 Å². The molecule has 1 rings (SSSR count). The molecular formula is C11H16N2O3. The summed E-state index contributed by atoms with van der Waals surface area (Å²) in [7, 11) is 3.33. The van der Waals surface area contributed by atoms with E-state index >= 15 is 0 Å². The lowest BCUT2D eigenvalue weighted by atomic mass is 10.4. The summed E-state index contributed by atoms with van der Waals surface area (Å²) in [5.74, 6) is 0.926. The van der Waals surface area contributed by atoms with Crippen molar-refractivity contribution in [2.45, 2.75) is 6.92 Å². The molecule has 0 fully saturated rings. The predicted molar refractivity (Wildman–Crippen MR) is 60.7 cm³/mol. The number of hydrogen-bond acceptors (Lipinski definition) is 5. The Morgan fingerprint density at radius 2 is 2.25 bits per heavy atom. The molecule has 0 aliphatic carbocycles. The third-order valence-corrected chi connectivity index (χ3v) is 1.98. The quantitative estimate of drug-likeness (QED) is 0.701. The summed E-state index contributed by atoms with van der Waals surface area (Å²) in [4.78, 5) is 17.2. The van der Waals surface area contributed by atoms with E-state index in [-0.39, 0.29) is 12.5 Å². The second-order valence-corrected chi connectivity index (χ2v) is 3.20. The highest BCUT2D eigenvalue weighted by Gasteiger charge is 2.09. The molecule has 0 bridgehead atoms. The summed E-state index contributed by atoms with van der Waals surface area (Å²) in [6, 6.07) is 5.38. The van der Waals surface area contributed by atoms with Crippen molar-refractivity contribution in [2.24, 2.45) is 0 Å². The molecule has 0 amide bonds. The van der Waals surface area contributed by atoms with Crippen LogP contribution in [-0.4, -0.2) is 38.3 Å². The summed E-state index contributed by atoms with van der Waals surface area (Å²) in [5.41, 5.74) is 0. The van der Waals surface area contributed by atoms with Gasteiger partial charge < -0.3 is 14.4 Å². The van der Waals surface area contributed by atoms with E-state index in [2.05, 4.69) is 4.98 Å². The first-order valence-corrected chi connectivity index (χ1v) is 5.05. The topological polar surface area (TPSA) is 51.7 Å². The van der Waals surface area contributed by atoms with Crippen molar-refractivity contribution in [3.63, 3.8) is 0 Å². The zero-order valence-electron chi connectivity index (χ0n) is 9.77. The molecule has 0 aromatic carbocycles. The van der Waals surface area contributed by atoms with E-state index in [4.69, 9.17) is 9.47 Å². The maximum absolute atomic E-state index is 11.3. The van der Waals surface area contributed by atoms with Crippen LogP contribution in [0.15, 0.2) is 18.2 Å². The van der Waals surface area contributed by atoms with Crippen LogP contribution in [0.2, 0.25) is 0 Å². The van der Waals surface area contributed by atoms with Gasteiger partial charge in [-0.05, 0) is 13.0 Å². The van der Waals surface area contributed by atoms with E-state index in [0.717, 1.165) is 0 Å². The number of esters is 1. The number of ether oxygens (including phenoxy) is 2. The Labute approximate surface area is 95.0 Å². The van der Waals surface area contributed by atoms with E-state index in [1.54, 1.807) is 32.0 Å². The van der Waals surface area contributed by atoms with E-state index in [1.165, 1.54) is 0 Å². The third-order valence-electron chi connectivity index (χ3n) is 1.98. The summed E-state index contributed by atoms with van der Waals surface area (Å²) in [5, 5.41) is 0. The Balaban J connectivity index is 2.64. The van der Waals surface area contributed by atoms with Gasteiger partial charge in [-0.2, -0.15) is 4.98 Å².